The van der Waals surface area contributed by atoms with Gasteiger partial charge >= 0.3 is 5.63 Å². The molecular weight excluding hydrogens is 418 g/mol. The topological polar surface area (TPSA) is 60.9 Å². The van der Waals surface area contributed by atoms with E-state index in [4.69, 9.17) is 16.0 Å². The maximum atomic E-state index is 12.5. The van der Waals surface area contributed by atoms with Crippen LogP contribution in [0, 0.1) is 13.8 Å². The maximum absolute atomic E-state index is 12.5. The van der Waals surface area contributed by atoms with Crippen molar-refractivity contribution in [3.05, 3.63) is 73.9 Å². The molecule has 0 amide bonds. The van der Waals surface area contributed by atoms with Crippen molar-refractivity contribution in [3.63, 3.8) is 0 Å². The molecule has 0 saturated carbocycles. The Balaban J connectivity index is 2.01. The predicted octanol–water partition coefficient (Wildman–Crippen LogP) is 5.07. The number of benzene rings is 1. The van der Waals surface area contributed by atoms with Gasteiger partial charge < -0.3 is 8.98 Å². The van der Waals surface area contributed by atoms with Gasteiger partial charge in [-0.1, -0.05) is 17.7 Å². The molecule has 0 aliphatic heterocycles. The summed E-state index contributed by atoms with van der Waals surface area (Å²) in [4.78, 5) is 21.2. The lowest BCUT2D eigenvalue weighted by atomic mass is 10.1. The average molecular weight is 431 g/mol. The van der Waals surface area contributed by atoms with Crippen molar-refractivity contribution in [2.75, 3.05) is 0 Å². The third-order valence-corrected chi connectivity index (χ3v) is 4.80. The highest BCUT2D eigenvalue weighted by Gasteiger charge is 2.17. The zero-order valence-electron chi connectivity index (χ0n) is 14.0. The van der Waals surface area contributed by atoms with E-state index in [-0.39, 0.29) is 5.89 Å². The molecule has 0 saturated heterocycles. The van der Waals surface area contributed by atoms with E-state index >= 15 is 0 Å². The third-order valence-electron chi connectivity index (χ3n) is 4.07. The molecule has 0 unspecified atom stereocenters. The highest BCUT2D eigenvalue weighted by molar-refractivity contribution is 9.10. The number of aromatic nitrogens is 3. The molecule has 1 aromatic carbocycles. The van der Waals surface area contributed by atoms with Crippen molar-refractivity contribution in [1.82, 2.24) is 14.5 Å². The van der Waals surface area contributed by atoms with E-state index < -0.39 is 5.63 Å². The van der Waals surface area contributed by atoms with Gasteiger partial charge in [-0.15, -0.1) is 0 Å². The minimum atomic E-state index is -0.419. The molecule has 0 bridgehead atoms. The van der Waals surface area contributed by atoms with Crippen molar-refractivity contribution in [3.8, 4) is 17.3 Å². The number of hydrogen-bond donors (Lipinski definition) is 0. The highest BCUT2D eigenvalue weighted by Crippen LogP contribution is 2.30. The van der Waals surface area contributed by atoms with Crippen LogP contribution in [0.25, 0.3) is 28.2 Å². The number of fused-ring (bicyclic) bond motifs is 1. The third kappa shape index (κ3) is 2.85. The molecule has 130 valence electrons. The molecule has 5 nitrogen and oxygen atoms in total. The fourth-order valence-corrected chi connectivity index (χ4v) is 3.62. The summed E-state index contributed by atoms with van der Waals surface area (Å²) in [5.74, 6) is 0.222. The van der Waals surface area contributed by atoms with Crippen LogP contribution in [0.2, 0.25) is 5.15 Å². The Morgan fingerprint density at radius 1 is 1.23 bits per heavy atom. The van der Waals surface area contributed by atoms with Crippen LogP contribution in [0.1, 0.15) is 11.1 Å². The van der Waals surface area contributed by atoms with E-state index in [1.165, 1.54) is 0 Å². The van der Waals surface area contributed by atoms with Crippen LogP contribution in [0.15, 0.2) is 56.4 Å². The largest absolute Gasteiger partial charge is 0.401 e. The molecule has 26 heavy (non-hydrogen) atoms. The van der Waals surface area contributed by atoms with Gasteiger partial charge in [-0.05, 0) is 65.2 Å². The van der Waals surface area contributed by atoms with E-state index in [1.807, 2.05) is 38.2 Å². The van der Waals surface area contributed by atoms with E-state index in [1.54, 1.807) is 22.9 Å². The number of nitrogens with zero attached hydrogens (tertiary/aromatic N) is 3. The van der Waals surface area contributed by atoms with Gasteiger partial charge in [0, 0.05) is 16.9 Å². The number of aryl methyl sites for hydroxylation is 2. The van der Waals surface area contributed by atoms with Gasteiger partial charge in [-0.25, -0.2) is 14.8 Å². The normalized spacial score (nSPS) is 11.2. The predicted molar refractivity (Wildman–Crippen MR) is 105 cm³/mol. The maximum Gasteiger partial charge on any atom is 0.347 e. The molecule has 3 heterocycles. The summed E-state index contributed by atoms with van der Waals surface area (Å²) in [6, 6.07) is 9.22. The van der Waals surface area contributed by atoms with Gasteiger partial charge in [0.05, 0.1) is 16.6 Å². The summed E-state index contributed by atoms with van der Waals surface area (Å²) in [5.41, 5.74) is 3.39. The monoisotopic (exact) mass is 429 g/mol. The molecule has 0 aliphatic carbocycles. The molecule has 4 rings (SSSR count). The molecule has 0 N–H and O–H groups in total. The Kier molecular flexibility index (Phi) is 4.17. The minimum absolute atomic E-state index is 0.222. The summed E-state index contributed by atoms with van der Waals surface area (Å²) < 4.78 is 8.13. The first-order chi connectivity index (χ1) is 12.4. The summed E-state index contributed by atoms with van der Waals surface area (Å²) in [6.07, 6.45) is 3.44. The second kappa shape index (κ2) is 6.37. The molecule has 0 spiro atoms. The number of pyridine rings is 1. The van der Waals surface area contributed by atoms with E-state index in [9.17, 15) is 4.79 Å². The Morgan fingerprint density at radius 3 is 2.81 bits per heavy atom. The average Bonchev–Trinajstić information content (AvgIpc) is 2.97. The van der Waals surface area contributed by atoms with Crippen LogP contribution >= 0.6 is 27.5 Å². The zero-order valence-corrected chi connectivity index (χ0v) is 16.3. The van der Waals surface area contributed by atoms with Crippen molar-refractivity contribution >= 4 is 38.4 Å². The molecule has 4 aromatic rings. The molecule has 0 aliphatic rings. The summed E-state index contributed by atoms with van der Waals surface area (Å²) in [5, 5.41) is 0.814. The quantitative estimate of drug-likeness (QED) is 0.416. The molecule has 3 aromatic heterocycles. The number of rotatable bonds is 2. The highest BCUT2D eigenvalue weighted by atomic mass is 79.9. The summed E-state index contributed by atoms with van der Waals surface area (Å²) >= 11 is 9.70. The van der Waals surface area contributed by atoms with E-state index in [0.717, 1.165) is 15.6 Å². The van der Waals surface area contributed by atoms with Gasteiger partial charge in [0.25, 0.3) is 0 Å². The second-order valence-electron chi connectivity index (χ2n) is 6.01. The van der Waals surface area contributed by atoms with Gasteiger partial charge in [0.15, 0.2) is 5.15 Å². The Bertz CT molecular complexity index is 1210. The first kappa shape index (κ1) is 17.0. The summed E-state index contributed by atoms with van der Waals surface area (Å²) in [6.45, 7) is 3.87. The van der Waals surface area contributed by atoms with Gasteiger partial charge in [0.2, 0.25) is 5.89 Å². The van der Waals surface area contributed by atoms with Crippen LogP contribution in [0.3, 0.4) is 0 Å². The minimum Gasteiger partial charge on any atom is -0.401 e. The molecular formula is C19H13BrClN3O2. The van der Waals surface area contributed by atoms with Gasteiger partial charge in [0.1, 0.15) is 5.69 Å². The zero-order chi connectivity index (χ0) is 18.4. The molecule has 0 radical (unpaired) electrons. The Labute approximate surface area is 162 Å². The Morgan fingerprint density at radius 2 is 2.04 bits per heavy atom. The SMILES string of the molecule is Cc1cc(C)c2nc(-c3cc(Br)cn3-c3cccnc3Cl)oc(=O)c2c1. The second-order valence-corrected chi connectivity index (χ2v) is 7.29. The van der Waals surface area contributed by atoms with E-state index in [0.29, 0.717) is 27.4 Å². The van der Waals surface area contributed by atoms with Crippen LogP contribution < -0.4 is 5.63 Å². The first-order valence-electron chi connectivity index (χ1n) is 7.85. The molecule has 7 heteroatoms. The Hall–Kier alpha value is -2.44. The first-order valence-corrected chi connectivity index (χ1v) is 9.02. The standard InChI is InChI=1S/C19H13BrClN3O2/c1-10-6-11(2)16-13(7-10)19(25)26-18(23-16)15-8-12(20)9-24(15)14-4-3-5-22-17(14)21/h3-9H,1-2H3. The van der Waals surface area contributed by atoms with Crippen LogP contribution in [0.5, 0.6) is 0 Å². The van der Waals surface area contributed by atoms with Crippen molar-refractivity contribution < 1.29 is 4.42 Å². The van der Waals surface area contributed by atoms with Crippen molar-refractivity contribution in [1.29, 1.82) is 0 Å². The van der Waals surface area contributed by atoms with Crippen molar-refractivity contribution in [2.24, 2.45) is 0 Å². The summed E-state index contributed by atoms with van der Waals surface area (Å²) in [7, 11) is 0. The van der Waals surface area contributed by atoms with Gasteiger partial charge in [-0.2, -0.15) is 0 Å². The van der Waals surface area contributed by atoms with E-state index in [2.05, 4.69) is 25.9 Å². The van der Waals surface area contributed by atoms with Crippen LogP contribution in [-0.4, -0.2) is 14.5 Å². The lowest BCUT2D eigenvalue weighted by Crippen LogP contribution is -2.06. The molecule has 0 atom stereocenters. The van der Waals surface area contributed by atoms with Crippen LogP contribution in [-0.2, 0) is 0 Å². The van der Waals surface area contributed by atoms with Gasteiger partial charge in [-0.3, -0.25) is 0 Å². The number of hydrogen-bond acceptors (Lipinski definition) is 4. The lowest BCUT2D eigenvalue weighted by molar-refractivity contribution is 0.514. The fourth-order valence-electron chi connectivity index (χ4n) is 2.99. The lowest BCUT2D eigenvalue weighted by Gasteiger charge is -2.10. The van der Waals surface area contributed by atoms with Crippen molar-refractivity contribution in [2.45, 2.75) is 13.8 Å². The van der Waals surface area contributed by atoms with Crippen LogP contribution in [0.4, 0.5) is 0 Å². The fraction of sp³-hybridized carbons (Fsp3) is 0.105. The smallest absolute Gasteiger partial charge is 0.347 e. The number of halogens is 2. The molecule has 0 fully saturated rings.